The molecule has 2 amide bonds. The molecule has 128 valence electrons. The van der Waals surface area contributed by atoms with E-state index in [1.807, 2.05) is 51.1 Å². The number of rotatable bonds is 3. The fourth-order valence-corrected chi connectivity index (χ4v) is 2.51. The minimum atomic E-state index is -0.347. The van der Waals surface area contributed by atoms with Gasteiger partial charge in [0.15, 0.2) is 0 Å². The van der Waals surface area contributed by atoms with E-state index in [2.05, 4.69) is 20.6 Å². The SMILES string of the molecule is COc1ccc(C)cc1NC(=O)Nc1ccc2nc(C)c(C)nc2c1. The van der Waals surface area contributed by atoms with E-state index in [1.54, 1.807) is 13.2 Å². The summed E-state index contributed by atoms with van der Waals surface area (Å²) in [5, 5.41) is 5.62. The van der Waals surface area contributed by atoms with E-state index in [0.29, 0.717) is 17.1 Å². The number of aryl methyl sites for hydroxylation is 3. The Morgan fingerprint density at radius 1 is 0.920 bits per heavy atom. The number of methoxy groups -OCH3 is 1. The minimum absolute atomic E-state index is 0.347. The van der Waals surface area contributed by atoms with Crippen molar-refractivity contribution in [2.45, 2.75) is 20.8 Å². The van der Waals surface area contributed by atoms with E-state index in [4.69, 9.17) is 4.74 Å². The number of carbonyl (C=O) groups excluding carboxylic acids is 1. The number of carbonyl (C=O) groups is 1. The number of aromatic nitrogens is 2. The molecule has 0 radical (unpaired) electrons. The number of anilines is 2. The summed E-state index contributed by atoms with van der Waals surface area (Å²) in [6.45, 7) is 5.80. The summed E-state index contributed by atoms with van der Waals surface area (Å²) >= 11 is 0. The molecule has 0 unspecified atom stereocenters. The van der Waals surface area contributed by atoms with E-state index >= 15 is 0 Å². The third kappa shape index (κ3) is 3.68. The van der Waals surface area contributed by atoms with Crippen molar-refractivity contribution in [1.82, 2.24) is 9.97 Å². The van der Waals surface area contributed by atoms with Gasteiger partial charge in [0.2, 0.25) is 0 Å². The van der Waals surface area contributed by atoms with E-state index in [9.17, 15) is 4.79 Å². The number of hydrogen-bond acceptors (Lipinski definition) is 4. The Morgan fingerprint density at radius 2 is 1.64 bits per heavy atom. The number of urea groups is 1. The topological polar surface area (TPSA) is 76.1 Å². The van der Waals surface area contributed by atoms with Gasteiger partial charge in [-0.15, -0.1) is 0 Å². The predicted molar refractivity (Wildman–Crippen MR) is 99.4 cm³/mol. The largest absolute Gasteiger partial charge is 0.495 e. The van der Waals surface area contributed by atoms with Crippen molar-refractivity contribution < 1.29 is 9.53 Å². The highest BCUT2D eigenvalue weighted by molar-refractivity contribution is 6.01. The molecule has 0 saturated carbocycles. The summed E-state index contributed by atoms with van der Waals surface area (Å²) in [4.78, 5) is 21.3. The molecule has 0 atom stereocenters. The number of nitrogens with one attached hydrogen (secondary N) is 2. The van der Waals surface area contributed by atoms with Gasteiger partial charge in [-0.2, -0.15) is 0 Å². The molecule has 0 fully saturated rings. The van der Waals surface area contributed by atoms with Crippen LogP contribution in [0, 0.1) is 20.8 Å². The van der Waals surface area contributed by atoms with Crippen molar-refractivity contribution in [2.24, 2.45) is 0 Å². The highest BCUT2D eigenvalue weighted by Gasteiger charge is 2.09. The third-order valence-corrected chi connectivity index (χ3v) is 3.94. The number of ether oxygens (including phenoxy) is 1. The molecule has 3 aromatic rings. The standard InChI is InChI=1S/C19H20N4O2/c1-11-5-8-18(25-4)17(9-11)23-19(24)22-14-6-7-15-16(10-14)21-13(3)12(2)20-15/h5-10H,1-4H3,(H2,22,23,24). The van der Waals surface area contributed by atoms with Gasteiger partial charge in [-0.05, 0) is 56.7 Å². The first kappa shape index (κ1) is 16.7. The lowest BCUT2D eigenvalue weighted by atomic mass is 10.2. The Labute approximate surface area is 146 Å². The highest BCUT2D eigenvalue weighted by atomic mass is 16.5. The summed E-state index contributed by atoms with van der Waals surface area (Å²) in [6, 6.07) is 10.7. The van der Waals surface area contributed by atoms with Gasteiger partial charge in [0.25, 0.3) is 0 Å². The average molecular weight is 336 g/mol. The van der Waals surface area contributed by atoms with Crippen molar-refractivity contribution in [3.05, 3.63) is 53.3 Å². The molecule has 3 rings (SSSR count). The van der Waals surface area contributed by atoms with Gasteiger partial charge in [0, 0.05) is 5.69 Å². The van der Waals surface area contributed by atoms with Gasteiger partial charge >= 0.3 is 6.03 Å². The van der Waals surface area contributed by atoms with Gasteiger partial charge in [0.05, 0.1) is 35.2 Å². The number of hydrogen-bond donors (Lipinski definition) is 2. The molecule has 2 aromatic carbocycles. The zero-order chi connectivity index (χ0) is 18.0. The van der Waals surface area contributed by atoms with Crippen LogP contribution in [0.2, 0.25) is 0 Å². The molecule has 25 heavy (non-hydrogen) atoms. The summed E-state index contributed by atoms with van der Waals surface area (Å²) in [7, 11) is 1.57. The zero-order valence-corrected chi connectivity index (χ0v) is 14.7. The molecule has 1 aromatic heterocycles. The van der Waals surface area contributed by atoms with Crippen molar-refractivity contribution in [3.8, 4) is 5.75 Å². The lowest BCUT2D eigenvalue weighted by Crippen LogP contribution is -2.20. The molecule has 0 spiro atoms. The fraction of sp³-hybridized carbons (Fsp3) is 0.211. The molecule has 1 heterocycles. The highest BCUT2D eigenvalue weighted by Crippen LogP contribution is 2.25. The monoisotopic (exact) mass is 336 g/mol. The van der Waals surface area contributed by atoms with Crippen LogP contribution in [0.25, 0.3) is 11.0 Å². The number of nitrogens with zero attached hydrogens (tertiary/aromatic N) is 2. The summed E-state index contributed by atoms with van der Waals surface area (Å²) in [6.07, 6.45) is 0. The molecular formula is C19H20N4O2. The Hall–Kier alpha value is -3.15. The first-order chi connectivity index (χ1) is 12.0. The van der Waals surface area contributed by atoms with Crippen LogP contribution in [-0.4, -0.2) is 23.1 Å². The number of fused-ring (bicyclic) bond motifs is 1. The van der Waals surface area contributed by atoms with Gasteiger partial charge in [-0.25, -0.2) is 14.8 Å². The van der Waals surface area contributed by atoms with Crippen LogP contribution in [-0.2, 0) is 0 Å². The molecular weight excluding hydrogens is 316 g/mol. The van der Waals surface area contributed by atoms with E-state index < -0.39 is 0 Å². The van der Waals surface area contributed by atoms with Crippen molar-refractivity contribution in [2.75, 3.05) is 17.7 Å². The third-order valence-electron chi connectivity index (χ3n) is 3.94. The lowest BCUT2D eigenvalue weighted by Gasteiger charge is -2.12. The maximum Gasteiger partial charge on any atom is 0.323 e. The van der Waals surface area contributed by atoms with E-state index in [1.165, 1.54) is 0 Å². The minimum Gasteiger partial charge on any atom is -0.495 e. The number of benzene rings is 2. The Morgan fingerprint density at radius 3 is 2.36 bits per heavy atom. The van der Waals surface area contributed by atoms with Gasteiger partial charge in [-0.1, -0.05) is 6.07 Å². The molecule has 6 nitrogen and oxygen atoms in total. The van der Waals surface area contributed by atoms with E-state index in [-0.39, 0.29) is 6.03 Å². The maximum absolute atomic E-state index is 12.3. The Balaban J connectivity index is 1.80. The quantitative estimate of drug-likeness (QED) is 0.751. The summed E-state index contributed by atoms with van der Waals surface area (Å²) in [5.74, 6) is 0.608. The average Bonchev–Trinajstić information content (AvgIpc) is 2.56. The zero-order valence-electron chi connectivity index (χ0n) is 14.7. The lowest BCUT2D eigenvalue weighted by molar-refractivity contribution is 0.262. The van der Waals surface area contributed by atoms with Gasteiger partial charge in [-0.3, -0.25) is 0 Å². The molecule has 0 bridgehead atoms. The van der Waals surface area contributed by atoms with E-state index in [0.717, 1.165) is 28.0 Å². The van der Waals surface area contributed by atoms with Crippen LogP contribution >= 0.6 is 0 Å². The van der Waals surface area contributed by atoms with Gasteiger partial charge in [0.1, 0.15) is 5.75 Å². The molecule has 0 saturated heterocycles. The molecule has 6 heteroatoms. The van der Waals surface area contributed by atoms with Crippen molar-refractivity contribution in [3.63, 3.8) is 0 Å². The smallest absolute Gasteiger partial charge is 0.323 e. The summed E-state index contributed by atoms with van der Waals surface area (Å²) in [5.41, 5.74) is 5.61. The Kier molecular flexibility index (Phi) is 4.52. The molecule has 0 aliphatic carbocycles. The van der Waals surface area contributed by atoms with Crippen LogP contribution in [0.5, 0.6) is 5.75 Å². The van der Waals surface area contributed by atoms with Crippen LogP contribution < -0.4 is 15.4 Å². The Bertz CT molecular complexity index is 954. The molecule has 2 N–H and O–H groups in total. The van der Waals surface area contributed by atoms with Gasteiger partial charge < -0.3 is 15.4 Å². The second kappa shape index (κ2) is 6.76. The van der Waals surface area contributed by atoms with Crippen molar-refractivity contribution >= 4 is 28.4 Å². The summed E-state index contributed by atoms with van der Waals surface area (Å²) < 4.78 is 5.27. The second-order valence-electron chi connectivity index (χ2n) is 5.88. The molecule has 0 aliphatic heterocycles. The van der Waals surface area contributed by atoms with Crippen LogP contribution in [0.1, 0.15) is 17.0 Å². The number of amides is 2. The first-order valence-electron chi connectivity index (χ1n) is 7.94. The fourth-order valence-electron chi connectivity index (χ4n) is 2.51. The maximum atomic E-state index is 12.3. The second-order valence-corrected chi connectivity index (χ2v) is 5.88. The normalized spacial score (nSPS) is 10.6. The first-order valence-corrected chi connectivity index (χ1v) is 7.94. The van der Waals surface area contributed by atoms with Crippen LogP contribution in [0.15, 0.2) is 36.4 Å². The molecule has 0 aliphatic rings. The van der Waals surface area contributed by atoms with Crippen molar-refractivity contribution in [1.29, 1.82) is 0 Å². The van der Waals surface area contributed by atoms with Crippen LogP contribution in [0.3, 0.4) is 0 Å². The van der Waals surface area contributed by atoms with Crippen LogP contribution in [0.4, 0.5) is 16.2 Å². The predicted octanol–water partition coefficient (Wildman–Crippen LogP) is 4.21.